The SMILES string of the molecule is Cc1nnc(NC(=O)CCC(C)O)o1. The molecule has 1 heterocycles. The third kappa shape index (κ3) is 3.53. The minimum atomic E-state index is -0.481. The predicted molar refractivity (Wildman–Crippen MR) is 48.6 cm³/mol. The first-order valence-corrected chi connectivity index (χ1v) is 4.36. The van der Waals surface area contributed by atoms with Crippen molar-refractivity contribution < 1.29 is 14.3 Å². The number of aliphatic hydroxyl groups excluding tert-OH is 1. The number of hydrogen-bond donors (Lipinski definition) is 2. The van der Waals surface area contributed by atoms with Gasteiger partial charge in [-0.3, -0.25) is 10.1 Å². The van der Waals surface area contributed by atoms with Gasteiger partial charge in [-0.1, -0.05) is 5.10 Å². The maximum Gasteiger partial charge on any atom is 0.322 e. The number of carbonyl (C=O) groups is 1. The number of aryl methyl sites for hydroxylation is 1. The molecule has 0 saturated carbocycles. The van der Waals surface area contributed by atoms with Crippen LogP contribution in [0.4, 0.5) is 6.01 Å². The Bertz CT molecular complexity index is 309. The Hall–Kier alpha value is -1.43. The Morgan fingerprint density at radius 1 is 1.64 bits per heavy atom. The van der Waals surface area contributed by atoms with Crippen molar-refractivity contribution in [3.63, 3.8) is 0 Å². The van der Waals surface area contributed by atoms with Crippen LogP contribution in [0.1, 0.15) is 25.7 Å². The van der Waals surface area contributed by atoms with Crippen molar-refractivity contribution in [1.82, 2.24) is 10.2 Å². The smallest absolute Gasteiger partial charge is 0.322 e. The first-order valence-electron chi connectivity index (χ1n) is 4.36. The van der Waals surface area contributed by atoms with E-state index in [1.807, 2.05) is 0 Å². The standard InChI is InChI=1S/C8H13N3O3/c1-5(12)3-4-7(13)9-8-11-10-6(2)14-8/h5,12H,3-4H2,1-2H3,(H,9,11,13). The van der Waals surface area contributed by atoms with E-state index in [1.54, 1.807) is 13.8 Å². The molecule has 1 amide bonds. The number of rotatable bonds is 4. The van der Waals surface area contributed by atoms with Crippen LogP contribution in [0.2, 0.25) is 0 Å². The molecular weight excluding hydrogens is 186 g/mol. The van der Waals surface area contributed by atoms with Gasteiger partial charge in [0, 0.05) is 13.3 Å². The Morgan fingerprint density at radius 2 is 2.36 bits per heavy atom. The zero-order valence-electron chi connectivity index (χ0n) is 8.15. The average Bonchev–Trinajstić information content (AvgIpc) is 2.48. The maximum atomic E-state index is 11.2. The van der Waals surface area contributed by atoms with Crippen LogP contribution < -0.4 is 5.32 Å². The predicted octanol–water partition coefficient (Wildman–Crippen LogP) is 0.478. The van der Waals surface area contributed by atoms with E-state index in [-0.39, 0.29) is 18.3 Å². The molecule has 6 heteroatoms. The maximum absolute atomic E-state index is 11.2. The Balaban J connectivity index is 2.34. The molecular formula is C8H13N3O3. The van der Waals surface area contributed by atoms with Gasteiger partial charge in [-0.2, -0.15) is 0 Å². The van der Waals surface area contributed by atoms with Crippen LogP contribution in [-0.2, 0) is 4.79 Å². The zero-order chi connectivity index (χ0) is 10.6. The van der Waals surface area contributed by atoms with E-state index in [2.05, 4.69) is 15.5 Å². The van der Waals surface area contributed by atoms with Gasteiger partial charge in [-0.25, -0.2) is 0 Å². The van der Waals surface area contributed by atoms with Crippen LogP contribution in [0.5, 0.6) is 0 Å². The first kappa shape index (κ1) is 10.6. The van der Waals surface area contributed by atoms with E-state index < -0.39 is 6.10 Å². The molecule has 1 aromatic heterocycles. The number of nitrogens with zero attached hydrogens (tertiary/aromatic N) is 2. The molecule has 14 heavy (non-hydrogen) atoms. The van der Waals surface area contributed by atoms with E-state index in [9.17, 15) is 4.79 Å². The number of nitrogens with one attached hydrogen (secondary N) is 1. The van der Waals surface area contributed by atoms with Crippen LogP contribution in [0.25, 0.3) is 0 Å². The second kappa shape index (κ2) is 4.71. The van der Waals surface area contributed by atoms with E-state index in [0.29, 0.717) is 12.3 Å². The lowest BCUT2D eigenvalue weighted by Crippen LogP contribution is -2.14. The number of aromatic nitrogens is 2. The highest BCUT2D eigenvalue weighted by molar-refractivity contribution is 5.88. The number of carbonyl (C=O) groups excluding carboxylic acids is 1. The number of anilines is 1. The third-order valence-corrected chi connectivity index (χ3v) is 1.56. The molecule has 0 spiro atoms. The highest BCUT2D eigenvalue weighted by atomic mass is 16.4. The van der Waals surface area contributed by atoms with Crippen LogP contribution in [0.3, 0.4) is 0 Å². The zero-order valence-corrected chi connectivity index (χ0v) is 8.15. The monoisotopic (exact) mass is 199 g/mol. The molecule has 0 radical (unpaired) electrons. The molecule has 2 N–H and O–H groups in total. The van der Waals surface area contributed by atoms with Crippen molar-refractivity contribution in [2.75, 3.05) is 5.32 Å². The summed E-state index contributed by atoms with van der Waals surface area (Å²) in [4.78, 5) is 11.2. The fourth-order valence-electron chi connectivity index (χ4n) is 0.869. The lowest BCUT2D eigenvalue weighted by Gasteiger charge is -2.02. The molecule has 0 aliphatic rings. The van der Waals surface area contributed by atoms with Gasteiger partial charge in [-0.05, 0) is 13.3 Å². The lowest BCUT2D eigenvalue weighted by atomic mass is 10.2. The minimum Gasteiger partial charge on any atom is -0.408 e. The van der Waals surface area contributed by atoms with Gasteiger partial charge in [-0.15, -0.1) is 5.10 Å². The van der Waals surface area contributed by atoms with Crippen LogP contribution >= 0.6 is 0 Å². The van der Waals surface area contributed by atoms with Gasteiger partial charge < -0.3 is 9.52 Å². The van der Waals surface area contributed by atoms with E-state index in [4.69, 9.17) is 9.52 Å². The average molecular weight is 199 g/mol. The molecule has 0 aliphatic carbocycles. The highest BCUT2D eigenvalue weighted by Crippen LogP contribution is 2.05. The quantitative estimate of drug-likeness (QED) is 0.736. The van der Waals surface area contributed by atoms with E-state index in [0.717, 1.165) is 0 Å². The minimum absolute atomic E-state index is 0.0955. The number of amides is 1. The summed E-state index contributed by atoms with van der Waals surface area (Å²) >= 11 is 0. The molecule has 1 atom stereocenters. The number of aliphatic hydroxyl groups is 1. The molecule has 1 rings (SSSR count). The largest absolute Gasteiger partial charge is 0.408 e. The molecule has 1 aromatic rings. The second-order valence-corrected chi connectivity index (χ2v) is 3.06. The van der Waals surface area contributed by atoms with Gasteiger partial charge in [0.05, 0.1) is 6.10 Å². The van der Waals surface area contributed by atoms with Crippen molar-refractivity contribution in [3.05, 3.63) is 5.89 Å². The van der Waals surface area contributed by atoms with Gasteiger partial charge in [0.15, 0.2) is 0 Å². The molecule has 0 aromatic carbocycles. The lowest BCUT2D eigenvalue weighted by molar-refractivity contribution is -0.116. The second-order valence-electron chi connectivity index (χ2n) is 3.06. The summed E-state index contributed by atoms with van der Waals surface area (Å²) in [6.45, 7) is 3.27. The summed E-state index contributed by atoms with van der Waals surface area (Å²) in [6, 6.07) is 0.0955. The van der Waals surface area contributed by atoms with Crippen molar-refractivity contribution in [2.45, 2.75) is 32.8 Å². The van der Waals surface area contributed by atoms with Crippen LogP contribution in [-0.4, -0.2) is 27.3 Å². The fourth-order valence-corrected chi connectivity index (χ4v) is 0.869. The Kier molecular flexibility index (Phi) is 3.58. The summed E-state index contributed by atoms with van der Waals surface area (Å²) in [6.07, 6.45) is 0.170. The van der Waals surface area contributed by atoms with Crippen molar-refractivity contribution in [1.29, 1.82) is 0 Å². The normalized spacial score (nSPS) is 12.5. The first-order chi connectivity index (χ1) is 6.58. The summed E-state index contributed by atoms with van der Waals surface area (Å²) in [5.41, 5.74) is 0. The topological polar surface area (TPSA) is 88.2 Å². The van der Waals surface area contributed by atoms with Gasteiger partial charge in [0.25, 0.3) is 0 Å². The van der Waals surface area contributed by atoms with Gasteiger partial charge in [0.2, 0.25) is 11.8 Å². The molecule has 0 bridgehead atoms. The Morgan fingerprint density at radius 3 is 2.86 bits per heavy atom. The van der Waals surface area contributed by atoms with Crippen LogP contribution in [0, 0.1) is 6.92 Å². The molecule has 0 aliphatic heterocycles. The molecule has 78 valence electrons. The van der Waals surface area contributed by atoms with E-state index >= 15 is 0 Å². The summed E-state index contributed by atoms with van der Waals surface area (Å²) in [5, 5.41) is 18.5. The van der Waals surface area contributed by atoms with Crippen molar-refractivity contribution in [3.8, 4) is 0 Å². The summed E-state index contributed by atoms with van der Waals surface area (Å²) in [7, 11) is 0. The fraction of sp³-hybridized carbons (Fsp3) is 0.625. The molecule has 0 fully saturated rings. The van der Waals surface area contributed by atoms with Gasteiger partial charge in [0.1, 0.15) is 0 Å². The van der Waals surface area contributed by atoms with Crippen molar-refractivity contribution in [2.24, 2.45) is 0 Å². The molecule has 0 saturated heterocycles. The summed E-state index contributed by atoms with van der Waals surface area (Å²) < 4.78 is 4.94. The summed E-state index contributed by atoms with van der Waals surface area (Å²) in [5.74, 6) is 0.158. The van der Waals surface area contributed by atoms with E-state index in [1.165, 1.54) is 0 Å². The number of hydrogen-bond acceptors (Lipinski definition) is 5. The van der Waals surface area contributed by atoms with Gasteiger partial charge >= 0.3 is 6.01 Å². The highest BCUT2D eigenvalue weighted by Gasteiger charge is 2.08. The van der Waals surface area contributed by atoms with Crippen LogP contribution in [0.15, 0.2) is 4.42 Å². The molecule has 6 nitrogen and oxygen atoms in total. The van der Waals surface area contributed by atoms with Crippen molar-refractivity contribution >= 4 is 11.9 Å². The Labute approximate surface area is 81.3 Å². The molecule has 1 unspecified atom stereocenters. The third-order valence-electron chi connectivity index (χ3n) is 1.56.